The summed E-state index contributed by atoms with van der Waals surface area (Å²) >= 11 is 0. The average Bonchev–Trinajstić information content (AvgIpc) is 2.35. The van der Waals surface area contributed by atoms with Crippen LogP contribution in [0.25, 0.3) is 0 Å². The maximum absolute atomic E-state index is 11.6. The number of carbonyl (C=O) groups excluding carboxylic acids is 1. The highest BCUT2D eigenvalue weighted by Crippen LogP contribution is 2.20. The van der Waals surface area contributed by atoms with Gasteiger partial charge in [-0.1, -0.05) is 32.0 Å². The molecule has 92 valence electrons. The first-order valence-electron chi connectivity index (χ1n) is 5.58. The van der Waals surface area contributed by atoms with Crippen LogP contribution in [-0.2, 0) is 11.2 Å². The molecule has 0 saturated carbocycles. The Bertz CT molecular complexity index is 437. The minimum Gasteiger partial charge on any atom is -0.479 e. The van der Waals surface area contributed by atoms with E-state index in [1.54, 1.807) is 19.1 Å². The molecule has 1 unspecified atom stereocenters. The van der Waals surface area contributed by atoms with Crippen molar-refractivity contribution in [2.75, 3.05) is 0 Å². The lowest BCUT2D eigenvalue weighted by Gasteiger charge is -2.11. The van der Waals surface area contributed by atoms with Crippen molar-refractivity contribution in [2.45, 2.75) is 32.8 Å². The number of carboxylic acids is 1. The van der Waals surface area contributed by atoms with Crippen molar-refractivity contribution >= 4 is 11.8 Å². The van der Waals surface area contributed by atoms with Crippen LogP contribution in [0.5, 0.6) is 0 Å². The van der Waals surface area contributed by atoms with Gasteiger partial charge in [0.25, 0.3) is 0 Å². The number of aliphatic hydroxyl groups is 1. The lowest BCUT2D eigenvalue weighted by atomic mass is 9.96. The van der Waals surface area contributed by atoms with Gasteiger partial charge in [-0.3, -0.25) is 4.79 Å². The number of Topliss-reactive ketones (excluding diaryl/α,β-unsaturated/α-hetero) is 1. The summed E-state index contributed by atoms with van der Waals surface area (Å²) in [5.74, 6) is -1.26. The maximum Gasteiger partial charge on any atom is 0.337 e. The van der Waals surface area contributed by atoms with E-state index in [-0.39, 0.29) is 5.78 Å². The number of hydrogen-bond donors (Lipinski definition) is 2. The lowest BCUT2D eigenvalue weighted by molar-refractivity contribution is -0.146. The molecule has 17 heavy (non-hydrogen) atoms. The molecule has 0 aliphatic rings. The second-order valence-corrected chi connectivity index (χ2v) is 3.79. The zero-order chi connectivity index (χ0) is 13.0. The highest BCUT2D eigenvalue weighted by Gasteiger charge is 2.18. The topological polar surface area (TPSA) is 74.6 Å². The highest BCUT2D eigenvalue weighted by atomic mass is 16.4. The van der Waals surface area contributed by atoms with Gasteiger partial charge in [0, 0.05) is 12.0 Å². The van der Waals surface area contributed by atoms with E-state index < -0.39 is 12.1 Å². The van der Waals surface area contributed by atoms with Gasteiger partial charge < -0.3 is 10.2 Å². The van der Waals surface area contributed by atoms with Crippen LogP contribution in [-0.4, -0.2) is 22.0 Å². The zero-order valence-electron chi connectivity index (χ0n) is 9.93. The van der Waals surface area contributed by atoms with Gasteiger partial charge in [0.2, 0.25) is 0 Å². The van der Waals surface area contributed by atoms with Crippen molar-refractivity contribution in [2.24, 2.45) is 0 Å². The molecule has 0 heterocycles. The van der Waals surface area contributed by atoms with Crippen LogP contribution in [0.1, 0.15) is 47.9 Å². The number of ketones is 1. The van der Waals surface area contributed by atoms with Gasteiger partial charge in [-0.25, -0.2) is 4.79 Å². The fourth-order valence-electron chi connectivity index (χ4n) is 1.68. The summed E-state index contributed by atoms with van der Waals surface area (Å²) in [6, 6.07) is 4.66. The van der Waals surface area contributed by atoms with Crippen LogP contribution in [0.3, 0.4) is 0 Å². The van der Waals surface area contributed by atoms with Crippen molar-refractivity contribution in [1.82, 2.24) is 0 Å². The quantitative estimate of drug-likeness (QED) is 0.766. The molecule has 1 aromatic carbocycles. The molecule has 0 aliphatic carbocycles. The number of rotatable bonds is 5. The van der Waals surface area contributed by atoms with Crippen LogP contribution >= 0.6 is 0 Å². The molecular weight excluding hydrogens is 220 g/mol. The number of aryl methyl sites for hydroxylation is 1. The Hall–Kier alpha value is -1.68. The summed E-state index contributed by atoms with van der Waals surface area (Å²) in [6.07, 6.45) is -0.499. The molecular formula is C13H16O4. The Morgan fingerprint density at radius 2 is 1.94 bits per heavy atom. The summed E-state index contributed by atoms with van der Waals surface area (Å²) in [7, 11) is 0. The van der Waals surface area contributed by atoms with Crippen molar-refractivity contribution in [1.29, 1.82) is 0 Å². The summed E-state index contributed by atoms with van der Waals surface area (Å²) in [6.45, 7) is 3.67. The minimum absolute atomic E-state index is 0.0261. The molecule has 1 rings (SSSR count). The normalized spacial score (nSPS) is 12.2. The van der Waals surface area contributed by atoms with Crippen LogP contribution in [0.4, 0.5) is 0 Å². The molecule has 4 heteroatoms. The number of hydrogen-bond acceptors (Lipinski definition) is 3. The van der Waals surface area contributed by atoms with Gasteiger partial charge in [-0.15, -0.1) is 0 Å². The van der Waals surface area contributed by atoms with E-state index in [0.29, 0.717) is 24.0 Å². The van der Waals surface area contributed by atoms with Crippen molar-refractivity contribution < 1.29 is 19.8 Å². The van der Waals surface area contributed by atoms with E-state index in [9.17, 15) is 14.7 Å². The van der Waals surface area contributed by atoms with Gasteiger partial charge in [0.05, 0.1) is 0 Å². The van der Waals surface area contributed by atoms with Gasteiger partial charge >= 0.3 is 5.97 Å². The van der Waals surface area contributed by atoms with Gasteiger partial charge in [0.15, 0.2) is 11.9 Å². The van der Waals surface area contributed by atoms with Crippen molar-refractivity contribution in [3.63, 3.8) is 0 Å². The molecule has 0 bridgehead atoms. The molecule has 0 aromatic heterocycles. The van der Waals surface area contributed by atoms with Crippen LogP contribution in [0, 0.1) is 0 Å². The monoisotopic (exact) mass is 236 g/mol. The molecule has 0 amide bonds. The third-order valence-electron chi connectivity index (χ3n) is 2.68. The van der Waals surface area contributed by atoms with Crippen molar-refractivity contribution in [3.8, 4) is 0 Å². The molecule has 0 radical (unpaired) electrons. The van der Waals surface area contributed by atoms with E-state index in [1.807, 2.05) is 6.92 Å². The Morgan fingerprint density at radius 1 is 1.29 bits per heavy atom. The predicted octanol–water partition coefficient (Wildman–Crippen LogP) is 1.96. The number of aliphatic hydroxyl groups excluding tert-OH is 1. The molecule has 1 atom stereocenters. The molecule has 2 N–H and O–H groups in total. The Labute approximate surface area is 99.9 Å². The Kier molecular flexibility index (Phi) is 4.40. The minimum atomic E-state index is -1.54. The Balaban J connectivity index is 3.17. The van der Waals surface area contributed by atoms with E-state index in [4.69, 9.17) is 5.11 Å². The van der Waals surface area contributed by atoms with Crippen molar-refractivity contribution in [3.05, 3.63) is 34.9 Å². The first-order valence-corrected chi connectivity index (χ1v) is 5.58. The highest BCUT2D eigenvalue weighted by molar-refractivity contribution is 5.97. The number of carboxylic acid groups (broad SMARTS) is 1. The van der Waals surface area contributed by atoms with Gasteiger partial charge in [-0.05, 0) is 17.5 Å². The van der Waals surface area contributed by atoms with Crippen LogP contribution in [0.15, 0.2) is 18.2 Å². The first-order chi connectivity index (χ1) is 8.01. The molecule has 0 aliphatic heterocycles. The smallest absolute Gasteiger partial charge is 0.337 e. The SMILES string of the molecule is CCC(=O)c1ccc(C(O)C(=O)O)cc1CC. The molecule has 0 spiro atoms. The first kappa shape index (κ1) is 13.4. The third-order valence-corrected chi connectivity index (χ3v) is 2.68. The van der Waals surface area contributed by atoms with E-state index in [2.05, 4.69) is 0 Å². The van der Waals surface area contributed by atoms with E-state index in [0.717, 1.165) is 5.56 Å². The van der Waals surface area contributed by atoms with Gasteiger partial charge in [0.1, 0.15) is 0 Å². The largest absolute Gasteiger partial charge is 0.479 e. The summed E-state index contributed by atoms with van der Waals surface area (Å²) in [5, 5.41) is 18.1. The maximum atomic E-state index is 11.6. The second kappa shape index (κ2) is 5.59. The average molecular weight is 236 g/mol. The Morgan fingerprint density at radius 3 is 2.41 bits per heavy atom. The summed E-state index contributed by atoms with van der Waals surface area (Å²) in [4.78, 5) is 22.3. The standard InChI is InChI=1S/C13H16O4/c1-3-8-7-9(12(15)13(16)17)5-6-10(8)11(14)4-2/h5-7,12,15H,3-4H2,1-2H3,(H,16,17). The van der Waals surface area contributed by atoms with Crippen LogP contribution in [0.2, 0.25) is 0 Å². The zero-order valence-corrected chi connectivity index (χ0v) is 9.93. The number of aliphatic carboxylic acids is 1. The molecule has 4 nitrogen and oxygen atoms in total. The fourth-order valence-corrected chi connectivity index (χ4v) is 1.68. The van der Waals surface area contributed by atoms with Gasteiger partial charge in [-0.2, -0.15) is 0 Å². The molecule has 0 fully saturated rings. The van der Waals surface area contributed by atoms with E-state index in [1.165, 1.54) is 6.07 Å². The van der Waals surface area contributed by atoms with E-state index >= 15 is 0 Å². The number of carbonyl (C=O) groups is 2. The second-order valence-electron chi connectivity index (χ2n) is 3.79. The predicted molar refractivity (Wildman–Crippen MR) is 63.0 cm³/mol. The lowest BCUT2D eigenvalue weighted by Crippen LogP contribution is -2.12. The van der Waals surface area contributed by atoms with Crippen LogP contribution < -0.4 is 0 Å². The summed E-state index contributed by atoms with van der Waals surface area (Å²) < 4.78 is 0. The number of benzene rings is 1. The summed E-state index contributed by atoms with van der Waals surface area (Å²) in [5.41, 5.74) is 1.69. The molecule has 1 aromatic rings. The fraction of sp³-hybridized carbons (Fsp3) is 0.385. The third kappa shape index (κ3) is 2.91. The molecule has 0 saturated heterocycles.